The first-order valence-corrected chi connectivity index (χ1v) is 6.91. The summed E-state index contributed by atoms with van der Waals surface area (Å²) >= 11 is 0. The van der Waals surface area contributed by atoms with Crippen molar-refractivity contribution in [3.8, 4) is 6.07 Å². The van der Waals surface area contributed by atoms with Gasteiger partial charge in [-0.1, -0.05) is 18.2 Å². The zero-order valence-corrected chi connectivity index (χ0v) is 11.3. The smallest absolute Gasteiger partial charge is 0.137 e. The van der Waals surface area contributed by atoms with E-state index in [-0.39, 0.29) is 0 Å². The van der Waals surface area contributed by atoms with Gasteiger partial charge in [0, 0.05) is 12.6 Å². The van der Waals surface area contributed by atoms with Crippen LogP contribution in [-0.4, -0.2) is 32.3 Å². The molecule has 1 atom stereocenters. The molecule has 0 saturated carbocycles. The van der Waals surface area contributed by atoms with E-state index in [0.29, 0.717) is 6.04 Å². The second kappa shape index (κ2) is 5.85. The molecule has 20 heavy (non-hydrogen) atoms. The average Bonchev–Trinajstić information content (AvgIpc) is 3.13. The van der Waals surface area contributed by atoms with E-state index in [9.17, 15) is 5.26 Å². The molecule has 0 spiro atoms. The molecular formula is C15H17N5. The lowest BCUT2D eigenvalue weighted by Gasteiger charge is -2.24. The largest absolute Gasteiger partial charge is 0.294 e. The summed E-state index contributed by atoms with van der Waals surface area (Å²) in [5.41, 5.74) is 1.89. The minimum absolute atomic E-state index is 0.475. The fourth-order valence-corrected chi connectivity index (χ4v) is 2.84. The van der Waals surface area contributed by atoms with Crippen LogP contribution in [0.3, 0.4) is 0 Å². The second-order valence-corrected chi connectivity index (χ2v) is 5.15. The summed E-state index contributed by atoms with van der Waals surface area (Å²) in [6, 6.07) is 10.6. The predicted molar refractivity (Wildman–Crippen MR) is 74.6 cm³/mol. The molecule has 1 aromatic carbocycles. The first-order valence-electron chi connectivity index (χ1n) is 6.91. The van der Waals surface area contributed by atoms with Crippen molar-refractivity contribution in [3.05, 3.63) is 48.0 Å². The molecule has 2 aromatic rings. The molecule has 3 rings (SSSR count). The summed E-state index contributed by atoms with van der Waals surface area (Å²) in [6.45, 7) is 2.79. The highest BCUT2D eigenvalue weighted by molar-refractivity contribution is 5.37. The monoisotopic (exact) mass is 267 g/mol. The number of hydrogen-bond acceptors (Lipinski definition) is 4. The molecule has 0 bridgehead atoms. The van der Waals surface area contributed by atoms with Gasteiger partial charge in [0.1, 0.15) is 12.7 Å². The van der Waals surface area contributed by atoms with Crippen LogP contribution < -0.4 is 0 Å². The number of hydrogen-bond donors (Lipinski definition) is 0. The molecule has 5 nitrogen and oxygen atoms in total. The molecule has 1 fully saturated rings. The molecule has 0 unspecified atom stereocenters. The average molecular weight is 267 g/mol. The van der Waals surface area contributed by atoms with E-state index in [0.717, 1.165) is 30.8 Å². The van der Waals surface area contributed by atoms with Crippen molar-refractivity contribution >= 4 is 0 Å². The summed E-state index contributed by atoms with van der Waals surface area (Å²) in [7, 11) is 0. The van der Waals surface area contributed by atoms with Crippen LogP contribution in [0.15, 0.2) is 36.9 Å². The molecule has 102 valence electrons. The van der Waals surface area contributed by atoms with Crippen LogP contribution in [0.2, 0.25) is 0 Å². The van der Waals surface area contributed by atoms with Crippen LogP contribution >= 0.6 is 0 Å². The SMILES string of the molecule is N#Cc1ccccc1CN1CCC[C@H]1Cn1cncn1. The highest BCUT2D eigenvalue weighted by Crippen LogP contribution is 2.22. The van der Waals surface area contributed by atoms with Crippen molar-refractivity contribution in [2.24, 2.45) is 0 Å². The maximum atomic E-state index is 9.17. The minimum atomic E-state index is 0.475. The first-order chi connectivity index (χ1) is 9.86. The number of benzene rings is 1. The summed E-state index contributed by atoms with van der Waals surface area (Å²) in [6.07, 6.45) is 5.71. The van der Waals surface area contributed by atoms with E-state index >= 15 is 0 Å². The van der Waals surface area contributed by atoms with Crippen molar-refractivity contribution in [2.75, 3.05) is 6.54 Å². The van der Waals surface area contributed by atoms with Gasteiger partial charge in [-0.25, -0.2) is 4.98 Å². The van der Waals surface area contributed by atoms with Crippen molar-refractivity contribution in [1.82, 2.24) is 19.7 Å². The van der Waals surface area contributed by atoms with E-state index < -0.39 is 0 Å². The summed E-state index contributed by atoms with van der Waals surface area (Å²) in [5.74, 6) is 0. The Bertz CT molecular complexity index is 599. The Morgan fingerprint density at radius 1 is 1.35 bits per heavy atom. The molecule has 2 heterocycles. The number of aromatic nitrogens is 3. The Labute approximate surface area is 118 Å². The lowest BCUT2D eigenvalue weighted by atomic mass is 10.1. The second-order valence-electron chi connectivity index (χ2n) is 5.15. The Kier molecular flexibility index (Phi) is 3.75. The van der Waals surface area contributed by atoms with E-state index in [2.05, 4.69) is 21.1 Å². The minimum Gasteiger partial charge on any atom is -0.294 e. The molecule has 0 N–H and O–H groups in total. The normalized spacial score (nSPS) is 19.1. The van der Waals surface area contributed by atoms with Crippen LogP contribution in [0.25, 0.3) is 0 Å². The maximum Gasteiger partial charge on any atom is 0.137 e. The third-order valence-electron chi connectivity index (χ3n) is 3.87. The van der Waals surface area contributed by atoms with Gasteiger partial charge in [0.15, 0.2) is 0 Å². The zero-order chi connectivity index (χ0) is 13.8. The quantitative estimate of drug-likeness (QED) is 0.847. The topological polar surface area (TPSA) is 57.7 Å². The van der Waals surface area contributed by atoms with Gasteiger partial charge in [0.25, 0.3) is 0 Å². The van der Waals surface area contributed by atoms with Crippen LogP contribution in [0.5, 0.6) is 0 Å². The fourth-order valence-electron chi connectivity index (χ4n) is 2.84. The Balaban J connectivity index is 1.71. The van der Waals surface area contributed by atoms with Gasteiger partial charge in [-0.15, -0.1) is 0 Å². The standard InChI is InChI=1S/C15H17N5/c16-8-13-4-1-2-5-14(13)9-19-7-3-6-15(19)10-20-12-17-11-18-20/h1-2,4-5,11-12,15H,3,6-7,9-10H2/t15-/m0/s1. The van der Waals surface area contributed by atoms with Crippen molar-refractivity contribution < 1.29 is 0 Å². The molecule has 0 amide bonds. The van der Waals surface area contributed by atoms with E-state index in [1.54, 1.807) is 12.7 Å². The van der Waals surface area contributed by atoms with Gasteiger partial charge in [-0.05, 0) is 31.0 Å². The highest BCUT2D eigenvalue weighted by atomic mass is 15.3. The number of nitrogens with zero attached hydrogens (tertiary/aromatic N) is 5. The van der Waals surface area contributed by atoms with Gasteiger partial charge >= 0.3 is 0 Å². The molecule has 1 aromatic heterocycles. The predicted octanol–water partition coefficient (Wildman–Crippen LogP) is 1.81. The Hall–Kier alpha value is -2.19. The summed E-state index contributed by atoms with van der Waals surface area (Å²) in [4.78, 5) is 6.43. The van der Waals surface area contributed by atoms with Gasteiger partial charge in [-0.2, -0.15) is 10.4 Å². The summed E-state index contributed by atoms with van der Waals surface area (Å²) in [5, 5.41) is 13.4. The third kappa shape index (κ3) is 2.70. The number of likely N-dealkylation sites (tertiary alicyclic amines) is 1. The van der Waals surface area contributed by atoms with E-state index in [4.69, 9.17) is 0 Å². The molecule has 5 heteroatoms. The lowest BCUT2D eigenvalue weighted by Crippen LogP contribution is -2.32. The summed E-state index contributed by atoms with van der Waals surface area (Å²) < 4.78 is 1.89. The maximum absolute atomic E-state index is 9.17. The molecule has 1 aliphatic heterocycles. The van der Waals surface area contributed by atoms with Gasteiger partial charge in [-0.3, -0.25) is 9.58 Å². The van der Waals surface area contributed by atoms with E-state index in [1.165, 1.54) is 12.8 Å². The Morgan fingerprint density at radius 2 is 2.25 bits per heavy atom. The van der Waals surface area contributed by atoms with Crippen LogP contribution in [0.1, 0.15) is 24.0 Å². The van der Waals surface area contributed by atoms with Crippen LogP contribution in [-0.2, 0) is 13.1 Å². The van der Waals surface area contributed by atoms with Gasteiger partial charge < -0.3 is 0 Å². The van der Waals surface area contributed by atoms with Crippen molar-refractivity contribution in [1.29, 1.82) is 5.26 Å². The fraction of sp³-hybridized carbons (Fsp3) is 0.400. The highest BCUT2D eigenvalue weighted by Gasteiger charge is 2.25. The van der Waals surface area contributed by atoms with Crippen molar-refractivity contribution in [2.45, 2.75) is 32.0 Å². The first kappa shape index (κ1) is 12.8. The molecule has 0 aliphatic carbocycles. The zero-order valence-electron chi connectivity index (χ0n) is 11.3. The molecular weight excluding hydrogens is 250 g/mol. The number of nitriles is 1. The van der Waals surface area contributed by atoms with E-state index in [1.807, 2.05) is 28.9 Å². The van der Waals surface area contributed by atoms with Crippen LogP contribution in [0.4, 0.5) is 0 Å². The molecule has 1 saturated heterocycles. The molecule has 0 radical (unpaired) electrons. The van der Waals surface area contributed by atoms with Crippen molar-refractivity contribution in [3.63, 3.8) is 0 Å². The number of rotatable bonds is 4. The van der Waals surface area contributed by atoms with Gasteiger partial charge in [0.2, 0.25) is 0 Å². The van der Waals surface area contributed by atoms with Gasteiger partial charge in [0.05, 0.1) is 18.2 Å². The third-order valence-corrected chi connectivity index (χ3v) is 3.87. The Morgan fingerprint density at radius 3 is 3.05 bits per heavy atom. The lowest BCUT2D eigenvalue weighted by molar-refractivity contribution is 0.219. The molecule has 1 aliphatic rings. The van der Waals surface area contributed by atoms with Crippen LogP contribution in [0, 0.1) is 11.3 Å².